The highest BCUT2D eigenvalue weighted by Crippen LogP contribution is 2.31. The highest BCUT2D eigenvalue weighted by Gasteiger charge is 2.35. The molecule has 0 amide bonds. The number of hydrogen-bond donors (Lipinski definition) is 1. The summed E-state index contributed by atoms with van der Waals surface area (Å²) in [5.41, 5.74) is 0. The van der Waals surface area contributed by atoms with Crippen LogP contribution >= 0.6 is 0 Å². The largest absolute Gasteiger partial charge is 0.311 e. The number of nitrogens with one attached hydrogen (secondary N) is 1. The fourth-order valence-electron chi connectivity index (χ4n) is 4.38. The Morgan fingerprint density at radius 1 is 1.10 bits per heavy atom. The third-order valence-corrected chi connectivity index (χ3v) is 5.73. The third-order valence-electron chi connectivity index (χ3n) is 5.73. The van der Waals surface area contributed by atoms with E-state index in [2.05, 4.69) is 37.9 Å². The molecule has 1 saturated heterocycles. The normalized spacial score (nSPS) is 31.6. The van der Waals surface area contributed by atoms with Crippen molar-refractivity contribution in [2.75, 3.05) is 13.1 Å². The van der Waals surface area contributed by atoms with E-state index < -0.39 is 0 Å². The summed E-state index contributed by atoms with van der Waals surface area (Å²) < 4.78 is 0. The molecule has 0 spiro atoms. The van der Waals surface area contributed by atoms with Crippen molar-refractivity contribution in [3.8, 4) is 0 Å². The van der Waals surface area contributed by atoms with Crippen LogP contribution in [0.2, 0.25) is 0 Å². The molecule has 0 aromatic heterocycles. The van der Waals surface area contributed by atoms with Crippen LogP contribution in [0.5, 0.6) is 0 Å². The van der Waals surface area contributed by atoms with Crippen LogP contribution in [0.25, 0.3) is 0 Å². The van der Waals surface area contributed by atoms with Crippen molar-refractivity contribution < 1.29 is 0 Å². The van der Waals surface area contributed by atoms with E-state index in [0.29, 0.717) is 0 Å². The molecule has 2 fully saturated rings. The van der Waals surface area contributed by atoms with E-state index in [1.54, 1.807) is 0 Å². The zero-order valence-corrected chi connectivity index (χ0v) is 14.2. The Bertz CT molecular complexity index is 271. The van der Waals surface area contributed by atoms with Crippen LogP contribution in [-0.4, -0.2) is 36.1 Å². The van der Waals surface area contributed by atoms with Gasteiger partial charge in [-0.15, -0.1) is 0 Å². The fourth-order valence-corrected chi connectivity index (χ4v) is 4.38. The van der Waals surface area contributed by atoms with Gasteiger partial charge in [-0.05, 0) is 38.0 Å². The lowest BCUT2D eigenvalue weighted by molar-refractivity contribution is 0.0270. The smallest absolute Gasteiger partial charge is 0.0247 e. The van der Waals surface area contributed by atoms with Gasteiger partial charge in [-0.3, -0.25) is 4.90 Å². The van der Waals surface area contributed by atoms with Gasteiger partial charge in [-0.25, -0.2) is 0 Å². The van der Waals surface area contributed by atoms with Crippen LogP contribution < -0.4 is 5.32 Å². The molecule has 2 aliphatic rings. The van der Waals surface area contributed by atoms with Gasteiger partial charge in [0.2, 0.25) is 0 Å². The summed E-state index contributed by atoms with van der Waals surface area (Å²) in [6.07, 6.45) is 9.96. The van der Waals surface area contributed by atoms with E-state index in [-0.39, 0.29) is 0 Å². The van der Waals surface area contributed by atoms with Gasteiger partial charge < -0.3 is 5.32 Å². The molecule has 0 aromatic carbocycles. The van der Waals surface area contributed by atoms with Crippen LogP contribution in [0.3, 0.4) is 0 Å². The molecule has 1 heterocycles. The zero-order chi connectivity index (χ0) is 14.5. The van der Waals surface area contributed by atoms with E-state index in [1.165, 1.54) is 58.0 Å². The first-order valence-electron chi connectivity index (χ1n) is 9.12. The van der Waals surface area contributed by atoms with Crippen molar-refractivity contribution in [1.82, 2.24) is 10.2 Å². The predicted molar refractivity (Wildman–Crippen MR) is 88.1 cm³/mol. The average Bonchev–Trinajstić information content (AvgIpc) is 2.47. The first kappa shape index (κ1) is 16.3. The molecule has 2 heteroatoms. The summed E-state index contributed by atoms with van der Waals surface area (Å²) >= 11 is 0. The molecule has 0 aromatic rings. The van der Waals surface area contributed by atoms with E-state index in [1.807, 2.05) is 0 Å². The Morgan fingerprint density at radius 2 is 1.80 bits per heavy atom. The maximum Gasteiger partial charge on any atom is 0.0247 e. The molecule has 0 radical (unpaired) electrons. The van der Waals surface area contributed by atoms with Gasteiger partial charge in [0.05, 0.1) is 0 Å². The van der Waals surface area contributed by atoms with Crippen molar-refractivity contribution in [3.05, 3.63) is 0 Å². The van der Waals surface area contributed by atoms with Gasteiger partial charge in [0, 0.05) is 31.2 Å². The van der Waals surface area contributed by atoms with Gasteiger partial charge in [-0.1, -0.05) is 46.5 Å². The second-order valence-corrected chi connectivity index (χ2v) is 7.54. The Kier molecular flexibility index (Phi) is 6.35. The summed E-state index contributed by atoms with van der Waals surface area (Å²) in [5, 5.41) is 3.80. The molecular weight excluding hydrogens is 244 g/mol. The molecule has 3 atom stereocenters. The van der Waals surface area contributed by atoms with Gasteiger partial charge in [0.1, 0.15) is 0 Å². The number of hydrogen-bond acceptors (Lipinski definition) is 2. The topological polar surface area (TPSA) is 15.3 Å². The molecule has 1 N–H and O–H groups in total. The van der Waals surface area contributed by atoms with Crippen LogP contribution in [0, 0.1) is 11.8 Å². The lowest BCUT2D eigenvalue weighted by Gasteiger charge is -2.48. The Labute approximate surface area is 126 Å². The minimum absolute atomic E-state index is 0.723. The lowest BCUT2D eigenvalue weighted by Crippen LogP contribution is -2.61. The first-order chi connectivity index (χ1) is 9.63. The van der Waals surface area contributed by atoms with Gasteiger partial charge in [-0.2, -0.15) is 0 Å². The number of piperazine rings is 1. The van der Waals surface area contributed by atoms with E-state index >= 15 is 0 Å². The lowest BCUT2D eigenvalue weighted by atomic mass is 9.82. The highest BCUT2D eigenvalue weighted by atomic mass is 15.3. The van der Waals surface area contributed by atoms with Gasteiger partial charge in [0.25, 0.3) is 0 Å². The zero-order valence-electron chi connectivity index (χ0n) is 14.2. The molecule has 1 saturated carbocycles. The van der Waals surface area contributed by atoms with Crippen molar-refractivity contribution in [1.29, 1.82) is 0 Å². The predicted octanol–water partition coefficient (Wildman–Crippen LogP) is 4.05. The maximum absolute atomic E-state index is 3.80. The molecule has 3 unspecified atom stereocenters. The van der Waals surface area contributed by atoms with Gasteiger partial charge >= 0.3 is 0 Å². The number of rotatable bonds is 5. The summed E-state index contributed by atoms with van der Waals surface area (Å²) in [6, 6.07) is 2.24. The summed E-state index contributed by atoms with van der Waals surface area (Å²) in [6.45, 7) is 12.1. The SMILES string of the molecule is CCCC1CN(C(C)C2CCCCC2)C(C(C)C)CN1. The molecule has 0 bridgehead atoms. The standard InChI is InChI=1S/C18H36N2/c1-5-9-17-13-20(18(12-19-17)14(2)3)15(4)16-10-7-6-8-11-16/h14-19H,5-13H2,1-4H3. The fraction of sp³-hybridized carbons (Fsp3) is 1.00. The second kappa shape index (κ2) is 7.79. The Morgan fingerprint density at radius 3 is 2.40 bits per heavy atom. The van der Waals surface area contributed by atoms with Crippen LogP contribution in [0.4, 0.5) is 0 Å². The van der Waals surface area contributed by atoms with E-state index in [9.17, 15) is 0 Å². The second-order valence-electron chi connectivity index (χ2n) is 7.54. The molecule has 118 valence electrons. The summed E-state index contributed by atoms with van der Waals surface area (Å²) in [5.74, 6) is 1.71. The Hall–Kier alpha value is -0.0800. The third kappa shape index (κ3) is 3.98. The van der Waals surface area contributed by atoms with Crippen molar-refractivity contribution in [2.24, 2.45) is 11.8 Å². The molecule has 1 aliphatic carbocycles. The van der Waals surface area contributed by atoms with Crippen LogP contribution in [0.1, 0.15) is 72.6 Å². The minimum atomic E-state index is 0.723. The summed E-state index contributed by atoms with van der Waals surface area (Å²) in [4.78, 5) is 2.87. The molecular formula is C18H36N2. The van der Waals surface area contributed by atoms with E-state index in [4.69, 9.17) is 0 Å². The molecule has 20 heavy (non-hydrogen) atoms. The van der Waals surface area contributed by atoms with E-state index in [0.717, 1.165) is 30.0 Å². The first-order valence-corrected chi connectivity index (χ1v) is 9.12. The average molecular weight is 280 g/mol. The highest BCUT2D eigenvalue weighted by molar-refractivity contribution is 4.92. The van der Waals surface area contributed by atoms with Crippen LogP contribution in [-0.2, 0) is 0 Å². The molecule has 2 rings (SSSR count). The van der Waals surface area contributed by atoms with Crippen LogP contribution in [0.15, 0.2) is 0 Å². The summed E-state index contributed by atoms with van der Waals surface area (Å²) in [7, 11) is 0. The quantitative estimate of drug-likeness (QED) is 0.817. The minimum Gasteiger partial charge on any atom is -0.311 e. The van der Waals surface area contributed by atoms with Crippen molar-refractivity contribution >= 4 is 0 Å². The Balaban J connectivity index is 2.01. The monoisotopic (exact) mass is 280 g/mol. The molecule has 2 nitrogen and oxygen atoms in total. The van der Waals surface area contributed by atoms with Crippen molar-refractivity contribution in [2.45, 2.75) is 90.8 Å². The maximum atomic E-state index is 3.80. The van der Waals surface area contributed by atoms with Crippen molar-refractivity contribution in [3.63, 3.8) is 0 Å². The number of nitrogens with zero attached hydrogens (tertiary/aromatic N) is 1. The molecule has 1 aliphatic heterocycles. The van der Waals surface area contributed by atoms with Gasteiger partial charge in [0.15, 0.2) is 0 Å².